The van der Waals surface area contributed by atoms with Crippen molar-refractivity contribution in [3.63, 3.8) is 0 Å². The van der Waals surface area contributed by atoms with E-state index in [0.29, 0.717) is 13.1 Å². The number of hydrogen-bond acceptors (Lipinski definition) is 2. The van der Waals surface area contributed by atoms with Crippen molar-refractivity contribution < 1.29 is 13.9 Å². The van der Waals surface area contributed by atoms with Gasteiger partial charge in [0.1, 0.15) is 5.82 Å². The maximum atomic E-state index is 13.3. The van der Waals surface area contributed by atoms with Crippen LogP contribution in [-0.2, 0) is 14.9 Å². The highest BCUT2D eigenvalue weighted by molar-refractivity contribution is 5.88. The topological polar surface area (TPSA) is 29.5 Å². The summed E-state index contributed by atoms with van der Waals surface area (Å²) in [5.41, 5.74) is 0.494. The molecule has 1 aliphatic carbocycles. The van der Waals surface area contributed by atoms with E-state index in [4.69, 9.17) is 4.74 Å². The van der Waals surface area contributed by atoms with Gasteiger partial charge >= 0.3 is 0 Å². The van der Waals surface area contributed by atoms with Crippen LogP contribution in [0.1, 0.15) is 45.1 Å². The van der Waals surface area contributed by atoms with Crippen molar-refractivity contribution >= 4 is 5.91 Å². The highest BCUT2D eigenvalue weighted by Crippen LogP contribution is 2.43. The Balaban J connectivity index is 1.90. The van der Waals surface area contributed by atoms with Gasteiger partial charge in [-0.1, -0.05) is 25.0 Å². The number of nitrogens with zero attached hydrogens (tertiary/aromatic N) is 1. The van der Waals surface area contributed by atoms with Crippen LogP contribution in [0.2, 0.25) is 0 Å². The number of hydrogen-bond donors (Lipinski definition) is 0. The van der Waals surface area contributed by atoms with Crippen LogP contribution < -0.4 is 0 Å². The van der Waals surface area contributed by atoms with Gasteiger partial charge in [0.25, 0.3) is 0 Å². The van der Waals surface area contributed by atoms with E-state index < -0.39 is 5.41 Å². The van der Waals surface area contributed by atoms with E-state index in [-0.39, 0.29) is 23.9 Å². The minimum atomic E-state index is -0.468. The second-order valence-corrected chi connectivity index (χ2v) is 6.76. The van der Waals surface area contributed by atoms with Crippen molar-refractivity contribution in [2.45, 2.75) is 57.2 Å². The van der Waals surface area contributed by atoms with E-state index in [1.54, 1.807) is 12.1 Å². The Morgan fingerprint density at radius 3 is 2.23 bits per heavy atom. The van der Waals surface area contributed by atoms with Gasteiger partial charge in [-0.05, 0) is 44.4 Å². The van der Waals surface area contributed by atoms with Crippen LogP contribution in [0.15, 0.2) is 24.3 Å². The Morgan fingerprint density at radius 2 is 1.68 bits per heavy atom. The summed E-state index contributed by atoms with van der Waals surface area (Å²) in [4.78, 5) is 15.2. The second-order valence-electron chi connectivity index (χ2n) is 6.76. The molecule has 4 heteroatoms. The Labute approximate surface area is 131 Å². The second kappa shape index (κ2) is 5.99. The maximum absolute atomic E-state index is 13.3. The van der Waals surface area contributed by atoms with Crippen molar-refractivity contribution in [2.75, 3.05) is 13.1 Å². The molecule has 1 amide bonds. The van der Waals surface area contributed by atoms with E-state index in [2.05, 4.69) is 0 Å². The van der Waals surface area contributed by atoms with E-state index in [0.717, 1.165) is 31.2 Å². The lowest BCUT2D eigenvalue weighted by atomic mass is 9.77. The first kappa shape index (κ1) is 15.5. The molecule has 22 heavy (non-hydrogen) atoms. The number of halogens is 1. The zero-order valence-corrected chi connectivity index (χ0v) is 13.3. The number of morpholine rings is 1. The van der Waals surface area contributed by atoms with Crippen LogP contribution in [0, 0.1) is 5.82 Å². The third-order valence-electron chi connectivity index (χ3n) is 4.97. The highest BCUT2D eigenvalue weighted by atomic mass is 19.1. The zero-order valence-electron chi connectivity index (χ0n) is 13.3. The van der Waals surface area contributed by atoms with Crippen molar-refractivity contribution in [2.24, 2.45) is 0 Å². The van der Waals surface area contributed by atoms with Gasteiger partial charge in [0.05, 0.1) is 17.6 Å². The summed E-state index contributed by atoms with van der Waals surface area (Å²) in [6, 6.07) is 6.50. The normalized spacial score (nSPS) is 27.9. The summed E-state index contributed by atoms with van der Waals surface area (Å²) in [5.74, 6) is -0.0587. The molecule has 120 valence electrons. The molecule has 0 N–H and O–H groups in total. The Morgan fingerprint density at radius 1 is 1.14 bits per heavy atom. The molecule has 0 aromatic heterocycles. The fourth-order valence-electron chi connectivity index (χ4n) is 4.02. The van der Waals surface area contributed by atoms with Crippen LogP contribution >= 0.6 is 0 Å². The summed E-state index contributed by atoms with van der Waals surface area (Å²) >= 11 is 0. The minimum absolute atomic E-state index is 0.0689. The van der Waals surface area contributed by atoms with E-state index in [9.17, 15) is 9.18 Å². The van der Waals surface area contributed by atoms with Crippen molar-refractivity contribution in [3.8, 4) is 0 Å². The quantitative estimate of drug-likeness (QED) is 0.839. The van der Waals surface area contributed by atoms with Crippen molar-refractivity contribution in [3.05, 3.63) is 35.6 Å². The van der Waals surface area contributed by atoms with Crippen LogP contribution in [0.5, 0.6) is 0 Å². The molecule has 2 aliphatic rings. The minimum Gasteiger partial charge on any atom is -0.372 e. The summed E-state index contributed by atoms with van der Waals surface area (Å²) < 4.78 is 19.0. The number of ether oxygens (including phenoxy) is 1. The Kier molecular flexibility index (Phi) is 4.22. The van der Waals surface area contributed by atoms with Crippen molar-refractivity contribution in [1.29, 1.82) is 0 Å². The van der Waals surface area contributed by atoms with Crippen LogP contribution in [-0.4, -0.2) is 36.1 Å². The molecule has 1 saturated heterocycles. The summed E-state index contributed by atoms with van der Waals surface area (Å²) in [7, 11) is 0. The maximum Gasteiger partial charge on any atom is 0.233 e. The highest BCUT2D eigenvalue weighted by Gasteiger charge is 2.46. The number of benzene rings is 1. The summed E-state index contributed by atoms with van der Waals surface area (Å²) in [6.07, 6.45) is 3.96. The molecule has 0 radical (unpaired) electrons. The number of carbonyl (C=O) groups excluding carboxylic acids is 1. The molecule has 1 aromatic rings. The van der Waals surface area contributed by atoms with E-state index in [1.165, 1.54) is 12.1 Å². The lowest BCUT2D eigenvalue weighted by Crippen LogP contribution is -2.54. The van der Waals surface area contributed by atoms with Gasteiger partial charge in [0.15, 0.2) is 0 Å². The van der Waals surface area contributed by atoms with Crippen LogP contribution in [0.25, 0.3) is 0 Å². The Bertz CT molecular complexity index is 527. The standard InChI is InChI=1S/C18H24FNO2/c1-13-11-20(12-14(2)22-13)17(21)18(9-3-4-10-18)15-5-7-16(19)8-6-15/h5-8,13-14H,3-4,9-12H2,1-2H3. The van der Waals surface area contributed by atoms with Gasteiger partial charge in [-0.15, -0.1) is 0 Å². The van der Waals surface area contributed by atoms with Gasteiger partial charge in [-0.3, -0.25) is 4.79 Å². The molecule has 1 aromatic carbocycles. The fraction of sp³-hybridized carbons (Fsp3) is 0.611. The average Bonchev–Trinajstić information content (AvgIpc) is 2.97. The fourth-order valence-corrected chi connectivity index (χ4v) is 4.02. The van der Waals surface area contributed by atoms with E-state index in [1.807, 2.05) is 18.7 Å². The zero-order chi connectivity index (χ0) is 15.7. The monoisotopic (exact) mass is 305 g/mol. The molecule has 1 saturated carbocycles. The molecule has 2 unspecified atom stereocenters. The van der Waals surface area contributed by atoms with Crippen LogP contribution in [0.3, 0.4) is 0 Å². The summed E-state index contributed by atoms with van der Waals surface area (Å²) in [5, 5.41) is 0. The van der Waals surface area contributed by atoms with E-state index >= 15 is 0 Å². The lowest BCUT2D eigenvalue weighted by molar-refractivity contribution is -0.149. The molecule has 2 atom stereocenters. The van der Waals surface area contributed by atoms with Gasteiger partial charge in [-0.2, -0.15) is 0 Å². The number of amides is 1. The van der Waals surface area contributed by atoms with Crippen molar-refractivity contribution in [1.82, 2.24) is 4.90 Å². The third kappa shape index (κ3) is 2.76. The third-order valence-corrected chi connectivity index (χ3v) is 4.97. The molecule has 1 heterocycles. The van der Waals surface area contributed by atoms with Gasteiger partial charge in [0.2, 0.25) is 5.91 Å². The Hall–Kier alpha value is -1.42. The SMILES string of the molecule is CC1CN(C(=O)C2(c3ccc(F)cc3)CCCC2)CC(C)O1. The number of carbonyl (C=O) groups is 1. The summed E-state index contributed by atoms with van der Waals surface area (Å²) in [6.45, 7) is 5.31. The predicted molar refractivity (Wildman–Crippen MR) is 83.1 cm³/mol. The molecular formula is C18H24FNO2. The van der Waals surface area contributed by atoms with Gasteiger partial charge in [0, 0.05) is 13.1 Å². The van der Waals surface area contributed by atoms with Gasteiger partial charge < -0.3 is 9.64 Å². The molecular weight excluding hydrogens is 281 g/mol. The first-order valence-electron chi connectivity index (χ1n) is 8.22. The molecule has 0 spiro atoms. The van der Waals surface area contributed by atoms with Crippen LogP contribution in [0.4, 0.5) is 4.39 Å². The molecule has 3 nitrogen and oxygen atoms in total. The average molecular weight is 305 g/mol. The number of rotatable bonds is 2. The predicted octanol–water partition coefficient (Wildman–Crippen LogP) is 3.27. The molecule has 1 aliphatic heterocycles. The molecule has 3 rings (SSSR count). The molecule has 2 fully saturated rings. The smallest absolute Gasteiger partial charge is 0.233 e. The lowest BCUT2D eigenvalue weighted by Gasteiger charge is -2.40. The molecule has 0 bridgehead atoms. The van der Waals surface area contributed by atoms with Gasteiger partial charge in [-0.25, -0.2) is 4.39 Å². The first-order valence-corrected chi connectivity index (χ1v) is 8.22. The largest absolute Gasteiger partial charge is 0.372 e. The first-order chi connectivity index (χ1) is 10.5.